The van der Waals surface area contributed by atoms with Crippen molar-refractivity contribution in [3.05, 3.63) is 53.1 Å². The summed E-state index contributed by atoms with van der Waals surface area (Å²) in [5.41, 5.74) is 10.4. The average molecular weight is 227 g/mol. The van der Waals surface area contributed by atoms with Crippen molar-refractivity contribution >= 4 is 0 Å². The van der Waals surface area contributed by atoms with Crippen LogP contribution in [0.2, 0.25) is 0 Å². The van der Waals surface area contributed by atoms with E-state index in [9.17, 15) is 0 Å². The van der Waals surface area contributed by atoms with Crippen LogP contribution in [0.25, 0.3) is 0 Å². The number of benzene rings is 1. The summed E-state index contributed by atoms with van der Waals surface area (Å²) in [5.74, 6) is 0.956. The summed E-state index contributed by atoms with van der Waals surface area (Å²) >= 11 is 0. The van der Waals surface area contributed by atoms with Gasteiger partial charge >= 0.3 is 0 Å². The number of aromatic nitrogens is 2. The standard InChI is InChI=1S/C14H17N3/c15-13(9-14-16-6-7-17-14)12-5-4-10-2-1-3-11(10)8-12/h4-8,13H,1-3,9,15H2,(H,16,17). The number of hydrogen-bond donors (Lipinski definition) is 2. The zero-order valence-electron chi connectivity index (χ0n) is 9.82. The van der Waals surface area contributed by atoms with E-state index in [2.05, 4.69) is 28.2 Å². The molecule has 0 aliphatic heterocycles. The van der Waals surface area contributed by atoms with Crippen molar-refractivity contribution in [2.45, 2.75) is 31.7 Å². The Bertz CT molecular complexity index is 502. The highest BCUT2D eigenvalue weighted by molar-refractivity contribution is 5.36. The molecule has 0 radical (unpaired) electrons. The van der Waals surface area contributed by atoms with Gasteiger partial charge in [0.2, 0.25) is 0 Å². The molecule has 0 bridgehead atoms. The van der Waals surface area contributed by atoms with Gasteiger partial charge in [0.15, 0.2) is 0 Å². The highest BCUT2D eigenvalue weighted by Gasteiger charge is 2.14. The molecule has 0 saturated heterocycles. The summed E-state index contributed by atoms with van der Waals surface area (Å²) in [6, 6.07) is 6.71. The summed E-state index contributed by atoms with van der Waals surface area (Å²) in [7, 11) is 0. The number of aromatic amines is 1. The fraction of sp³-hybridized carbons (Fsp3) is 0.357. The average Bonchev–Trinajstić information content (AvgIpc) is 2.97. The maximum Gasteiger partial charge on any atom is 0.107 e. The summed E-state index contributed by atoms with van der Waals surface area (Å²) in [4.78, 5) is 7.32. The number of H-pyrrole nitrogens is 1. The minimum atomic E-state index is 0.0343. The molecule has 3 nitrogen and oxygen atoms in total. The predicted molar refractivity (Wildman–Crippen MR) is 67.7 cm³/mol. The number of nitrogens with one attached hydrogen (secondary N) is 1. The molecule has 2 aromatic rings. The second-order valence-corrected chi connectivity index (χ2v) is 4.73. The molecule has 1 heterocycles. The van der Waals surface area contributed by atoms with Crippen molar-refractivity contribution in [1.29, 1.82) is 0 Å². The van der Waals surface area contributed by atoms with Crippen LogP contribution in [0.5, 0.6) is 0 Å². The molecule has 17 heavy (non-hydrogen) atoms. The van der Waals surface area contributed by atoms with Crippen LogP contribution in [0.3, 0.4) is 0 Å². The molecule has 3 rings (SSSR count). The largest absolute Gasteiger partial charge is 0.349 e. The van der Waals surface area contributed by atoms with Crippen molar-refractivity contribution in [2.24, 2.45) is 5.73 Å². The number of fused-ring (bicyclic) bond motifs is 1. The van der Waals surface area contributed by atoms with Crippen molar-refractivity contribution in [2.75, 3.05) is 0 Å². The minimum absolute atomic E-state index is 0.0343. The maximum atomic E-state index is 6.22. The van der Waals surface area contributed by atoms with Gasteiger partial charge in [0, 0.05) is 24.9 Å². The maximum absolute atomic E-state index is 6.22. The Labute approximate surface area is 101 Å². The van der Waals surface area contributed by atoms with E-state index in [-0.39, 0.29) is 6.04 Å². The van der Waals surface area contributed by atoms with Crippen molar-refractivity contribution in [3.63, 3.8) is 0 Å². The highest BCUT2D eigenvalue weighted by Crippen LogP contribution is 2.25. The van der Waals surface area contributed by atoms with Crippen molar-refractivity contribution in [3.8, 4) is 0 Å². The van der Waals surface area contributed by atoms with Crippen molar-refractivity contribution < 1.29 is 0 Å². The smallest absolute Gasteiger partial charge is 0.107 e. The lowest BCUT2D eigenvalue weighted by Crippen LogP contribution is -2.14. The van der Waals surface area contributed by atoms with E-state index >= 15 is 0 Å². The molecular formula is C14H17N3. The third kappa shape index (κ3) is 2.11. The predicted octanol–water partition coefficient (Wildman–Crippen LogP) is 2.14. The van der Waals surface area contributed by atoms with Gasteiger partial charge in [0.05, 0.1) is 0 Å². The van der Waals surface area contributed by atoms with Crippen molar-refractivity contribution in [1.82, 2.24) is 9.97 Å². The molecule has 0 saturated carbocycles. The number of aryl methyl sites for hydroxylation is 2. The van der Waals surface area contributed by atoms with Gasteiger partial charge in [-0.25, -0.2) is 4.98 Å². The Morgan fingerprint density at radius 1 is 1.29 bits per heavy atom. The van der Waals surface area contributed by atoms with Crippen LogP contribution in [-0.2, 0) is 19.3 Å². The lowest BCUT2D eigenvalue weighted by molar-refractivity contribution is 0.693. The van der Waals surface area contributed by atoms with Crippen LogP contribution in [0, 0.1) is 0 Å². The van der Waals surface area contributed by atoms with E-state index in [1.165, 1.54) is 36.0 Å². The van der Waals surface area contributed by atoms with Crippen LogP contribution in [-0.4, -0.2) is 9.97 Å². The van der Waals surface area contributed by atoms with E-state index in [4.69, 9.17) is 5.73 Å². The van der Waals surface area contributed by atoms with Gasteiger partial charge in [-0.2, -0.15) is 0 Å². The van der Waals surface area contributed by atoms with E-state index in [0.29, 0.717) is 0 Å². The van der Waals surface area contributed by atoms with Crippen LogP contribution in [0.1, 0.15) is 35.0 Å². The van der Waals surface area contributed by atoms with Crippen LogP contribution in [0.15, 0.2) is 30.6 Å². The zero-order chi connectivity index (χ0) is 11.7. The topological polar surface area (TPSA) is 54.7 Å². The lowest BCUT2D eigenvalue weighted by Gasteiger charge is -2.12. The highest BCUT2D eigenvalue weighted by atomic mass is 14.9. The molecular weight excluding hydrogens is 210 g/mol. The summed E-state index contributed by atoms with van der Waals surface area (Å²) in [6.07, 6.45) is 8.09. The number of rotatable bonds is 3. The second kappa shape index (κ2) is 4.34. The number of hydrogen-bond acceptors (Lipinski definition) is 2. The van der Waals surface area contributed by atoms with Gasteiger partial charge in [-0.1, -0.05) is 18.2 Å². The van der Waals surface area contributed by atoms with Gasteiger partial charge in [-0.15, -0.1) is 0 Å². The van der Waals surface area contributed by atoms with E-state index < -0.39 is 0 Å². The quantitative estimate of drug-likeness (QED) is 0.844. The summed E-state index contributed by atoms with van der Waals surface area (Å²) < 4.78 is 0. The monoisotopic (exact) mass is 227 g/mol. The molecule has 1 aliphatic carbocycles. The first-order chi connectivity index (χ1) is 8.33. The molecule has 3 heteroatoms. The Morgan fingerprint density at radius 2 is 2.18 bits per heavy atom. The van der Waals surface area contributed by atoms with Gasteiger partial charge in [0.1, 0.15) is 5.82 Å². The number of nitrogens with two attached hydrogens (primary N) is 1. The number of nitrogens with zero attached hydrogens (tertiary/aromatic N) is 1. The summed E-state index contributed by atoms with van der Waals surface area (Å²) in [6.45, 7) is 0. The van der Waals surface area contributed by atoms with E-state index in [1.807, 2.05) is 6.20 Å². The molecule has 1 unspecified atom stereocenters. The fourth-order valence-corrected chi connectivity index (χ4v) is 2.56. The van der Waals surface area contributed by atoms with E-state index in [1.54, 1.807) is 6.20 Å². The Kier molecular flexibility index (Phi) is 2.69. The molecule has 0 spiro atoms. The Balaban J connectivity index is 1.79. The third-order valence-electron chi connectivity index (χ3n) is 3.52. The van der Waals surface area contributed by atoms with Crippen LogP contribution < -0.4 is 5.73 Å². The minimum Gasteiger partial charge on any atom is -0.349 e. The molecule has 1 aliphatic rings. The first-order valence-corrected chi connectivity index (χ1v) is 6.18. The lowest BCUT2D eigenvalue weighted by atomic mass is 9.99. The first kappa shape index (κ1) is 10.5. The van der Waals surface area contributed by atoms with Crippen LogP contribution >= 0.6 is 0 Å². The second-order valence-electron chi connectivity index (χ2n) is 4.73. The Hall–Kier alpha value is -1.61. The van der Waals surface area contributed by atoms with Gasteiger partial charge < -0.3 is 10.7 Å². The molecule has 1 atom stereocenters. The third-order valence-corrected chi connectivity index (χ3v) is 3.52. The SMILES string of the molecule is NC(Cc1ncc[nH]1)c1ccc2c(c1)CCC2. The van der Waals surface area contributed by atoms with E-state index in [0.717, 1.165) is 12.2 Å². The van der Waals surface area contributed by atoms with Crippen LogP contribution in [0.4, 0.5) is 0 Å². The fourth-order valence-electron chi connectivity index (χ4n) is 2.56. The normalized spacial score (nSPS) is 15.8. The summed E-state index contributed by atoms with van der Waals surface area (Å²) in [5, 5.41) is 0. The first-order valence-electron chi connectivity index (χ1n) is 6.18. The molecule has 1 aromatic heterocycles. The molecule has 88 valence electrons. The number of imidazole rings is 1. The Morgan fingerprint density at radius 3 is 3.00 bits per heavy atom. The molecule has 0 amide bonds. The molecule has 1 aromatic carbocycles. The van der Waals surface area contributed by atoms with Gasteiger partial charge in [-0.3, -0.25) is 0 Å². The molecule has 3 N–H and O–H groups in total. The van der Waals surface area contributed by atoms with Gasteiger partial charge in [0.25, 0.3) is 0 Å². The van der Waals surface area contributed by atoms with Gasteiger partial charge in [-0.05, 0) is 36.0 Å². The zero-order valence-corrected chi connectivity index (χ0v) is 9.82. The molecule has 0 fully saturated rings.